The van der Waals surface area contributed by atoms with Crippen molar-refractivity contribution in [2.45, 2.75) is 59.7 Å². The lowest BCUT2D eigenvalue weighted by Crippen LogP contribution is -2.48. The van der Waals surface area contributed by atoms with Gasteiger partial charge in [-0.25, -0.2) is 4.79 Å². The monoisotopic (exact) mass is 257 g/mol. The number of morpholine rings is 1. The molecule has 18 heavy (non-hydrogen) atoms. The lowest BCUT2D eigenvalue weighted by atomic mass is 9.89. The van der Waals surface area contributed by atoms with Crippen LogP contribution in [0.5, 0.6) is 0 Å². The van der Waals surface area contributed by atoms with Crippen LogP contribution < -0.4 is 0 Å². The van der Waals surface area contributed by atoms with E-state index in [1.807, 2.05) is 20.8 Å². The van der Waals surface area contributed by atoms with Crippen molar-refractivity contribution in [1.29, 1.82) is 0 Å². The first-order chi connectivity index (χ1) is 8.07. The molecule has 1 fully saturated rings. The number of rotatable bonds is 1. The zero-order valence-electron chi connectivity index (χ0n) is 12.6. The van der Waals surface area contributed by atoms with Gasteiger partial charge in [0, 0.05) is 6.54 Å². The molecule has 1 rings (SSSR count). The van der Waals surface area contributed by atoms with E-state index in [4.69, 9.17) is 9.47 Å². The highest BCUT2D eigenvalue weighted by Gasteiger charge is 2.30. The van der Waals surface area contributed by atoms with E-state index in [1.54, 1.807) is 4.90 Å². The van der Waals surface area contributed by atoms with Gasteiger partial charge in [-0.05, 0) is 32.6 Å². The summed E-state index contributed by atoms with van der Waals surface area (Å²) in [5, 5.41) is 0. The van der Waals surface area contributed by atoms with E-state index < -0.39 is 5.60 Å². The molecular weight excluding hydrogens is 230 g/mol. The van der Waals surface area contributed by atoms with Crippen molar-refractivity contribution in [1.82, 2.24) is 4.90 Å². The predicted molar refractivity (Wildman–Crippen MR) is 71.6 cm³/mol. The molecule has 0 aliphatic carbocycles. The van der Waals surface area contributed by atoms with Crippen LogP contribution >= 0.6 is 0 Å². The van der Waals surface area contributed by atoms with Crippen LogP contribution in [0.2, 0.25) is 0 Å². The number of nitrogens with zero attached hydrogens (tertiary/aromatic N) is 1. The van der Waals surface area contributed by atoms with Crippen molar-refractivity contribution in [3.63, 3.8) is 0 Å². The van der Waals surface area contributed by atoms with Gasteiger partial charge in [0.2, 0.25) is 0 Å². The number of hydrogen-bond donors (Lipinski definition) is 0. The molecule has 1 aliphatic rings. The fourth-order valence-corrected chi connectivity index (χ4v) is 2.02. The van der Waals surface area contributed by atoms with Crippen LogP contribution in [0.25, 0.3) is 0 Å². The molecule has 0 radical (unpaired) electrons. The highest BCUT2D eigenvalue weighted by atomic mass is 16.6. The van der Waals surface area contributed by atoms with Crippen molar-refractivity contribution < 1.29 is 14.3 Å². The minimum atomic E-state index is -0.436. The average molecular weight is 257 g/mol. The Morgan fingerprint density at radius 2 is 1.89 bits per heavy atom. The lowest BCUT2D eigenvalue weighted by Gasteiger charge is -2.36. The van der Waals surface area contributed by atoms with Gasteiger partial charge in [0.25, 0.3) is 0 Å². The topological polar surface area (TPSA) is 38.8 Å². The fourth-order valence-electron chi connectivity index (χ4n) is 2.02. The maximum atomic E-state index is 12.0. The summed E-state index contributed by atoms with van der Waals surface area (Å²) in [6.07, 6.45) is 0.836. The Bertz CT molecular complexity index is 288. The molecule has 4 nitrogen and oxygen atoms in total. The fraction of sp³-hybridized carbons (Fsp3) is 0.929. The molecule has 1 atom stereocenters. The van der Waals surface area contributed by atoms with E-state index in [0.717, 1.165) is 6.42 Å². The van der Waals surface area contributed by atoms with Crippen LogP contribution in [-0.4, -0.2) is 42.4 Å². The molecule has 106 valence electrons. The second-order valence-corrected chi connectivity index (χ2v) is 7.18. The van der Waals surface area contributed by atoms with Gasteiger partial charge in [-0.1, -0.05) is 20.8 Å². The maximum Gasteiger partial charge on any atom is 0.410 e. The van der Waals surface area contributed by atoms with Gasteiger partial charge in [-0.3, -0.25) is 0 Å². The zero-order valence-corrected chi connectivity index (χ0v) is 12.6. The molecule has 1 aliphatic heterocycles. The summed E-state index contributed by atoms with van der Waals surface area (Å²) in [7, 11) is 0. The van der Waals surface area contributed by atoms with Gasteiger partial charge in [-0.2, -0.15) is 0 Å². The van der Waals surface area contributed by atoms with E-state index in [0.29, 0.717) is 19.7 Å². The summed E-state index contributed by atoms with van der Waals surface area (Å²) in [5.41, 5.74) is -0.226. The molecule has 1 heterocycles. The Morgan fingerprint density at radius 3 is 2.39 bits per heavy atom. The van der Waals surface area contributed by atoms with Crippen molar-refractivity contribution in [2.75, 3.05) is 19.7 Å². The standard InChI is InChI=1S/C14H27NO3/c1-13(2,3)9-11-10-15(7-8-17-11)12(16)18-14(4,5)6/h11H,7-10H2,1-6H3/t11-/m1/s1. The molecular formula is C14H27NO3. The average Bonchev–Trinajstić information content (AvgIpc) is 2.12. The molecule has 1 saturated heterocycles. The van der Waals surface area contributed by atoms with E-state index in [2.05, 4.69) is 20.8 Å². The van der Waals surface area contributed by atoms with Crippen LogP contribution in [0.1, 0.15) is 48.0 Å². The number of carbonyl (C=O) groups is 1. The molecule has 0 aromatic heterocycles. The van der Waals surface area contributed by atoms with Gasteiger partial charge in [0.05, 0.1) is 19.3 Å². The number of ether oxygens (including phenoxy) is 2. The second-order valence-electron chi connectivity index (χ2n) is 7.18. The number of amides is 1. The first-order valence-corrected chi connectivity index (χ1v) is 6.66. The van der Waals surface area contributed by atoms with Crippen LogP contribution in [0.3, 0.4) is 0 Å². The summed E-state index contributed by atoms with van der Waals surface area (Å²) in [4.78, 5) is 13.7. The van der Waals surface area contributed by atoms with Gasteiger partial charge in [0.15, 0.2) is 0 Å². The maximum absolute atomic E-state index is 12.0. The first-order valence-electron chi connectivity index (χ1n) is 6.66. The summed E-state index contributed by atoms with van der Waals surface area (Å²) < 4.78 is 11.1. The third kappa shape index (κ3) is 5.71. The van der Waals surface area contributed by atoms with Crippen LogP contribution in [-0.2, 0) is 9.47 Å². The molecule has 4 heteroatoms. The summed E-state index contributed by atoms with van der Waals surface area (Å²) in [6, 6.07) is 0. The molecule has 0 saturated carbocycles. The summed E-state index contributed by atoms with van der Waals surface area (Å²) >= 11 is 0. The van der Waals surface area contributed by atoms with Crippen molar-refractivity contribution >= 4 is 6.09 Å². The van der Waals surface area contributed by atoms with Crippen LogP contribution in [0.15, 0.2) is 0 Å². The van der Waals surface area contributed by atoms with Gasteiger partial charge in [0.1, 0.15) is 5.60 Å². The Morgan fingerprint density at radius 1 is 1.28 bits per heavy atom. The summed E-state index contributed by atoms with van der Waals surface area (Å²) in [6.45, 7) is 14.1. The SMILES string of the molecule is CC(C)(C)C[C@@H]1CN(C(=O)OC(C)(C)C)CCO1. The van der Waals surface area contributed by atoms with Gasteiger partial charge >= 0.3 is 6.09 Å². The molecule has 0 N–H and O–H groups in total. The van der Waals surface area contributed by atoms with Gasteiger partial charge < -0.3 is 14.4 Å². The van der Waals surface area contributed by atoms with E-state index in [9.17, 15) is 4.79 Å². The Hall–Kier alpha value is -0.770. The van der Waals surface area contributed by atoms with Crippen LogP contribution in [0, 0.1) is 5.41 Å². The van der Waals surface area contributed by atoms with Gasteiger partial charge in [-0.15, -0.1) is 0 Å². The van der Waals surface area contributed by atoms with Crippen LogP contribution in [0.4, 0.5) is 4.79 Å². The first kappa shape index (κ1) is 15.3. The van der Waals surface area contributed by atoms with E-state index in [1.165, 1.54) is 0 Å². The minimum Gasteiger partial charge on any atom is -0.444 e. The Labute approximate surface area is 111 Å². The Balaban J connectivity index is 2.51. The highest BCUT2D eigenvalue weighted by molar-refractivity contribution is 5.68. The normalized spacial score (nSPS) is 21.9. The molecule has 0 spiro atoms. The molecule has 1 amide bonds. The molecule has 0 aromatic rings. The van der Waals surface area contributed by atoms with E-state index in [-0.39, 0.29) is 17.6 Å². The molecule has 0 aromatic carbocycles. The Kier molecular flexibility index (Phi) is 4.65. The third-order valence-corrected chi connectivity index (χ3v) is 2.63. The smallest absolute Gasteiger partial charge is 0.410 e. The number of hydrogen-bond acceptors (Lipinski definition) is 3. The molecule has 0 unspecified atom stereocenters. The van der Waals surface area contributed by atoms with Crippen molar-refractivity contribution in [2.24, 2.45) is 5.41 Å². The van der Waals surface area contributed by atoms with Crippen molar-refractivity contribution in [3.05, 3.63) is 0 Å². The highest BCUT2D eigenvalue weighted by Crippen LogP contribution is 2.24. The second kappa shape index (κ2) is 5.47. The lowest BCUT2D eigenvalue weighted by molar-refractivity contribution is -0.0541. The quantitative estimate of drug-likeness (QED) is 0.724. The summed E-state index contributed by atoms with van der Waals surface area (Å²) in [5.74, 6) is 0. The largest absolute Gasteiger partial charge is 0.444 e. The molecule has 0 bridgehead atoms. The predicted octanol–water partition coefficient (Wildman–Crippen LogP) is 3.06. The zero-order chi connectivity index (χ0) is 14.0. The van der Waals surface area contributed by atoms with Crippen molar-refractivity contribution in [3.8, 4) is 0 Å². The number of carbonyl (C=O) groups excluding carboxylic acids is 1. The third-order valence-electron chi connectivity index (χ3n) is 2.63. The minimum absolute atomic E-state index is 0.117. The van der Waals surface area contributed by atoms with E-state index >= 15 is 0 Å².